The van der Waals surface area contributed by atoms with Crippen LogP contribution in [0.2, 0.25) is 0 Å². The van der Waals surface area contributed by atoms with Gasteiger partial charge in [0.2, 0.25) is 0 Å². The smallest absolute Gasteiger partial charge is 0.416 e. The Morgan fingerprint density at radius 2 is 1.94 bits per heavy atom. The molecule has 0 aromatic heterocycles. The highest BCUT2D eigenvalue weighted by Gasteiger charge is 2.31. The van der Waals surface area contributed by atoms with Crippen LogP contribution in [0.25, 0.3) is 0 Å². The van der Waals surface area contributed by atoms with Gasteiger partial charge in [0.05, 0.1) is 18.6 Å². The van der Waals surface area contributed by atoms with Crippen LogP contribution in [0.1, 0.15) is 18.1 Å². The Morgan fingerprint density at radius 3 is 2.47 bits per heavy atom. The Morgan fingerprint density at radius 1 is 1.29 bits per heavy atom. The van der Waals surface area contributed by atoms with E-state index in [1.165, 1.54) is 0 Å². The largest absolute Gasteiger partial charge is 0.466 e. The maximum atomic E-state index is 12.9. The van der Waals surface area contributed by atoms with Crippen molar-refractivity contribution < 1.29 is 27.1 Å². The molecule has 1 aromatic rings. The summed E-state index contributed by atoms with van der Waals surface area (Å²) in [5, 5.41) is 0. The van der Waals surface area contributed by atoms with E-state index in [-0.39, 0.29) is 18.6 Å². The van der Waals surface area contributed by atoms with Crippen LogP contribution in [-0.4, -0.2) is 12.6 Å². The van der Waals surface area contributed by atoms with Crippen LogP contribution in [0.4, 0.5) is 17.6 Å². The molecule has 1 rings (SSSR count). The van der Waals surface area contributed by atoms with E-state index in [9.17, 15) is 22.4 Å². The maximum absolute atomic E-state index is 12.9. The molecule has 17 heavy (non-hydrogen) atoms. The topological polar surface area (TPSA) is 26.3 Å². The van der Waals surface area contributed by atoms with Gasteiger partial charge in [-0.3, -0.25) is 4.79 Å². The number of hydrogen-bond acceptors (Lipinski definition) is 2. The average Bonchev–Trinajstić information content (AvgIpc) is 2.15. The standard InChI is InChI=1S/C11H10F4O2/c1-2-17-10(16)5-7-3-8(11(13,14)15)6-9(12)4-7/h3-4,6H,2,5H2,1H3. The van der Waals surface area contributed by atoms with Crippen LogP contribution < -0.4 is 0 Å². The zero-order valence-electron chi connectivity index (χ0n) is 8.97. The summed E-state index contributed by atoms with van der Waals surface area (Å²) in [7, 11) is 0. The Bertz CT molecular complexity index is 412. The Kier molecular flexibility index (Phi) is 4.09. The number of ether oxygens (including phenoxy) is 1. The fourth-order valence-electron chi connectivity index (χ4n) is 1.29. The van der Waals surface area contributed by atoms with Crippen LogP contribution in [0, 0.1) is 5.82 Å². The Balaban J connectivity index is 2.94. The molecule has 2 nitrogen and oxygen atoms in total. The summed E-state index contributed by atoms with van der Waals surface area (Å²) < 4.78 is 54.6. The van der Waals surface area contributed by atoms with Crippen molar-refractivity contribution in [3.63, 3.8) is 0 Å². The van der Waals surface area contributed by atoms with Gasteiger partial charge >= 0.3 is 12.1 Å². The number of esters is 1. The van der Waals surface area contributed by atoms with E-state index in [4.69, 9.17) is 0 Å². The molecule has 0 unspecified atom stereocenters. The van der Waals surface area contributed by atoms with Crippen molar-refractivity contribution in [2.45, 2.75) is 19.5 Å². The predicted molar refractivity (Wildman–Crippen MR) is 51.7 cm³/mol. The highest BCUT2D eigenvalue weighted by molar-refractivity contribution is 5.72. The summed E-state index contributed by atoms with van der Waals surface area (Å²) in [5.74, 6) is -1.72. The SMILES string of the molecule is CCOC(=O)Cc1cc(F)cc(C(F)(F)F)c1. The summed E-state index contributed by atoms with van der Waals surface area (Å²) in [6.45, 7) is 1.70. The molecule has 0 aliphatic heterocycles. The first-order valence-corrected chi connectivity index (χ1v) is 4.85. The van der Waals surface area contributed by atoms with Gasteiger partial charge in [0, 0.05) is 0 Å². The first-order chi connectivity index (χ1) is 7.82. The van der Waals surface area contributed by atoms with E-state index in [1.54, 1.807) is 6.92 Å². The highest BCUT2D eigenvalue weighted by Crippen LogP contribution is 2.30. The minimum Gasteiger partial charge on any atom is -0.466 e. The zero-order chi connectivity index (χ0) is 13.1. The Hall–Kier alpha value is -1.59. The van der Waals surface area contributed by atoms with E-state index in [2.05, 4.69) is 4.74 Å². The van der Waals surface area contributed by atoms with Gasteiger partial charge in [-0.15, -0.1) is 0 Å². The number of carbonyl (C=O) groups excluding carboxylic acids is 1. The van der Waals surface area contributed by atoms with Crippen molar-refractivity contribution in [2.24, 2.45) is 0 Å². The molecule has 1 aromatic carbocycles. The van der Waals surface area contributed by atoms with Gasteiger partial charge in [-0.05, 0) is 30.7 Å². The quantitative estimate of drug-likeness (QED) is 0.609. The molecule has 0 bridgehead atoms. The lowest BCUT2D eigenvalue weighted by Crippen LogP contribution is -2.10. The fraction of sp³-hybridized carbons (Fsp3) is 0.364. The van der Waals surface area contributed by atoms with Gasteiger partial charge in [0.1, 0.15) is 5.82 Å². The molecule has 0 aliphatic rings. The molecule has 0 spiro atoms. The third-order valence-electron chi connectivity index (χ3n) is 1.94. The van der Waals surface area contributed by atoms with Gasteiger partial charge < -0.3 is 4.74 Å². The molecule has 0 aliphatic carbocycles. The summed E-state index contributed by atoms with van der Waals surface area (Å²) in [6.07, 6.45) is -5.01. The molecule has 0 fully saturated rings. The second-order valence-corrected chi connectivity index (χ2v) is 3.33. The van der Waals surface area contributed by atoms with Crippen LogP contribution in [-0.2, 0) is 22.1 Å². The first-order valence-electron chi connectivity index (χ1n) is 4.85. The van der Waals surface area contributed by atoms with Crippen molar-refractivity contribution in [2.75, 3.05) is 6.61 Å². The minimum atomic E-state index is -4.63. The van der Waals surface area contributed by atoms with Crippen molar-refractivity contribution in [1.82, 2.24) is 0 Å². The molecule has 0 heterocycles. The van der Waals surface area contributed by atoms with Gasteiger partial charge in [-0.25, -0.2) is 4.39 Å². The van der Waals surface area contributed by atoms with E-state index >= 15 is 0 Å². The minimum absolute atomic E-state index is 0.0595. The third kappa shape index (κ3) is 4.05. The van der Waals surface area contributed by atoms with Crippen LogP contribution >= 0.6 is 0 Å². The monoisotopic (exact) mass is 250 g/mol. The molecule has 0 atom stereocenters. The average molecular weight is 250 g/mol. The summed E-state index contributed by atoms with van der Waals surface area (Å²) in [5.41, 5.74) is -1.17. The molecule has 0 amide bonds. The Labute approximate surface area is 95.2 Å². The third-order valence-corrected chi connectivity index (χ3v) is 1.94. The molecule has 0 saturated carbocycles. The number of benzene rings is 1. The van der Waals surface area contributed by atoms with E-state index < -0.39 is 23.5 Å². The van der Waals surface area contributed by atoms with E-state index in [0.717, 1.165) is 12.1 Å². The number of halogens is 4. The lowest BCUT2D eigenvalue weighted by molar-refractivity contribution is -0.142. The number of rotatable bonds is 3. The second-order valence-electron chi connectivity index (χ2n) is 3.33. The molecule has 0 radical (unpaired) electrons. The van der Waals surface area contributed by atoms with Gasteiger partial charge in [0.15, 0.2) is 0 Å². The summed E-state index contributed by atoms with van der Waals surface area (Å²) >= 11 is 0. The second kappa shape index (κ2) is 5.16. The van der Waals surface area contributed by atoms with Crippen LogP contribution in [0.3, 0.4) is 0 Å². The summed E-state index contributed by atoms with van der Waals surface area (Å²) in [6, 6.07) is 2.00. The lowest BCUT2D eigenvalue weighted by atomic mass is 10.1. The first kappa shape index (κ1) is 13.5. The van der Waals surface area contributed by atoms with Crippen molar-refractivity contribution >= 4 is 5.97 Å². The van der Waals surface area contributed by atoms with Gasteiger partial charge in [0.25, 0.3) is 0 Å². The number of carbonyl (C=O) groups is 1. The molecular formula is C11H10F4O2. The molecule has 94 valence electrons. The van der Waals surface area contributed by atoms with Crippen molar-refractivity contribution in [3.8, 4) is 0 Å². The van der Waals surface area contributed by atoms with Crippen LogP contribution in [0.15, 0.2) is 18.2 Å². The van der Waals surface area contributed by atoms with E-state index in [0.29, 0.717) is 6.07 Å². The van der Waals surface area contributed by atoms with Crippen molar-refractivity contribution in [1.29, 1.82) is 0 Å². The molecular weight excluding hydrogens is 240 g/mol. The summed E-state index contributed by atoms with van der Waals surface area (Å²) in [4.78, 5) is 11.1. The predicted octanol–water partition coefficient (Wildman–Crippen LogP) is 2.95. The van der Waals surface area contributed by atoms with Crippen LogP contribution in [0.5, 0.6) is 0 Å². The molecule has 0 saturated heterocycles. The van der Waals surface area contributed by atoms with Gasteiger partial charge in [-0.2, -0.15) is 13.2 Å². The fourth-order valence-corrected chi connectivity index (χ4v) is 1.29. The highest BCUT2D eigenvalue weighted by atomic mass is 19.4. The van der Waals surface area contributed by atoms with Crippen molar-refractivity contribution in [3.05, 3.63) is 35.1 Å². The molecule has 6 heteroatoms. The normalized spacial score (nSPS) is 11.4. The molecule has 0 N–H and O–H groups in total. The number of alkyl halides is 3. The number of hydrogen-bond donors (Lipinski definition) is 0. The lowest BCUT2D eigenvalue weighted by Gasteiger charge is -2.09. The zero-order valence-corrected chi connectivity index (χ0v) is 8.97. The van der Waals surface area contributed by atoms with Gasteiger partial charge in [-0.1, -0.05) is 0 Å². The van der Waals surface area contributed by atoms with E-state index in [1.807, 2.05) is 0 Å². The maximum Gasteiger partial charge on any atom is 0.416 e.